The average molecular weight is 277 g/mol. The molecule has 102 valence electrons. The summed E-state index contributed by atoms with van der Waals surface area (Å²) in [6, 6.07) is 7.75. The first kappa shape index (κ1) is 14.1. The summed E-state index contributed by atoms with van der Waals surface area (Å²) >= 11 is 1.70. The molecule has 1 aromatic carbocycles. The smallest absolute Gasteiger partial charge is 0.232 e. The summed E-state index contributed by atoms with van der Waals surface area (Å²) in [6.07, 6.45) is 2.05. The van der Waals surface area contributed by atoms with E-state index in [0.717, 1.165) is 5.56 Å². The van der Waals surface area contributed by atoms with Gasteiger partial charge in [-0.15, -0.1) is 11.8 Å². The molecule has 0 saturated carbocycles. The van der Waals surface area contributed by atoms with Crippen LogP contribution in [0.25, 0.3) is 0 Å². The summed E-state index contributed by atoms with van der Waals surface area (Å²) in [7, 11) is 0. The summed E-state index contributed by atoms with van der Waals surface area (Å²) in [5.41, 5.74) is 7.00. The molecule has 0 saturated heterocycles. The van der Waals surface area contributed by atoms with Crippen molar-refractivity contribution >= 4 is 11.8 Å². The molecule has 0 fully saturated rings. The number of hydrogen-bond donors (Lipinski definition) is 1. The minimum absolute atomic E-state index is 0.159. The van der Waals surface area contributed by atoms with Gasteiger partial charge < -0.3 is 10.3 Å². The van der Waals surface area contributed by atoms with Crippen LogP contribution < -0.4 is 5.73 Å². The maximum Gasteiger partial charge on any atom is 0.232 e. The fraction of sp³-hybridized carbons (Fsp3) is 0.429. The molecule has 5 heteroatoms. The van der Waals surface area contributed by atoms with Crippen molar-refractivity contribution in [3.8, 4) is 0 Å². The normalized spacial score (nSPS) is 13.5. The molecule has 2 N–H and O–H groups in total. The van der Waals surface area contributed by atoms with E-state index in [-0.39, 0.29) is 11.5 Å². The van der Waals surface area contributed by atoms with E-state index in [4.69, 9.17) is 10.3 Å². The van der Waals surface area contributed by atoms with Crippen molar-refractivity contribution in [3.63, 3.8) is 0 Å². The molecule has 1 atom stereocenters. The van der Waals surface area contributed by atoms with Crippen LogP contribution in [0.15, 0.2) is 33.7 Å². The Labute approximate surface area is 117 Å². The van der Waals surface area contributed by atoms with Gasteiger partial charge in [-0.1, -0.05) is 38.1 Å². The lowest BCUT2D eigenvalue weighted by molar-refractivity contribution is 0.317. The summed E-state index contributed by atoms with van der Waals surface area (Å²) in [6.45, 7) is 6.09. The van der Waals surface area contributed by atoms with Gasteiger partial charge in [0.15, 0.2) is 5.82 Å². The monoisotopic (exact) mass is 277 g/mol. The van der Waals surface area contributed by atoms with Crippen LogP contribution in [-0.4, -0.2) is 16.4 Å². The largest absolute Gasteiger partial charge is 0.339 e. The Morgan fingerprint density at radius 1 is 1.21 bits per heavy atom. The number of nitrogens with zero attached hydrogens (tertiary/aromatic N) is 2. The molecule has 0 amide bonds. The molecule has 0 aliphatic rings. The quantitative estimate of drug-likeness (QED) is 0.873. The number of hydrogen-bond acceptors (Lipinski definition) is 5. The minimum Gasteiger partial charge on any atom is -0.339 e. The van der Waals surface area contributed by atoms with Crippen LogP contribution in [0.4, 0.5) is 0 Å². The summed E-state index contributed by atoms with van der Waals surface area (Å²) in [5, 5.41) is 3.99. The highest BCUT2D eigenvalue weighted by molar-refractivity contribution is 7.98. The van der Waals surface area contributed by atoms with Gasteiger partial charge in [0.1, 0.15) is 0 Å². The van der Waals surface area contributed by atoms with Crippen LogP contribution in [0.1, 0.15) is 44.1 Å². The zero-order valence-corrected chi connectivity index (χ0v) is 12.5. The zero-order valence-electron chi connectivity index (χ0n) is 11.7. The van der Waals surface area contributed by atoms with Crippen molar-refractivity contribution in [1.82, 2.24) is 10.1 Å². The number of aromatic nitrogens is 2. The second kappa shape index (κ2) is 5.35. The van der Waals surface area contributed by atoms with Crippen LogP contribution >= 0.6 is 11.8 Å². The first-order chi connectivity index (χ1) is 8.91. The Hall–Kier alpha value is -1.33. The maximum atomic E-state index is 6.17. The zero-order chi connectivity index (χ0) is 14.0. The number of nitrogens with two attached hydrogens (primary N) is 1. The first-order valence-corrected chi connectivity index (χ1v) is 7.38. The molecular formula is C14H19N3OS. The van der Waals surface area contributed by atoms with Gasteiger partial charge >= 0.3 is 0 Å². The van der Waals surface area contributed by atoms with E-state index in [9.17, 15) is 0 Å². The van der Waals surface area contributed by atoms with Gasteiger partial charge in [0.2, 0.25) is 5.89 Å². The fourth-order valence-electron chi connectivity index (χ4n) is 1.63. The topological polar surface area (TPSA) is 64.9 Å². The predicted octanol–water partition coefficient (Wildman–Crippen LogP) is 3.14. The third-order valence-electron chi connectivity index (χ3n) is 2.84. The van der Waals surface area contributed by atoms with Crippen molar-refractivity contribution in [1.29, 1.82) is 0 Å². The molecule has 0 spiro atoms. The van der Waals surface area contributed by atoms with Crippen LogP contribution in [0.5, 0.6) is 0 Å². The summed E-state index contributed by atoms with van der Waals surface area (Å²) in [5.74, 6) is 1.14. The van der Waals surface area contributed by atoms with Gasteiger partial charge in [-0.05, 0) is 24.0 Å². The third-order valence-corrected chi connectivity index (χ3v) is 3.58. The number of thioether (sulfide) groups is 1. The molecule has 1 aromatic heterocycles. The standard InChI is InChI=1S/C14H19N3OS/c1-14(2,3)13-16-12(17-18-13)11(15)9-5-7-10(19-4)8-6-9/h5-8,11H,15H2,1-4H3. The van der Waals surface area contributed by atoms with Crippen molar-refractivity contribution in [3.05, 3.63) is 41.5 Å². The van der Waals surface area contributed by atoms with Gasteiger partial charge in [-0.25, -0.2) is 0 Å². The van der Waals surface area contributed by atoms with Crippen molar-refractivity contribution in [2.45, 2.75) is 37.1 Å². The molecule has 1 heterocycles. The lowest BCUT2D eigenvalue weighted by Crippen LogP contribution is -2.15. The highest BCUT2D eigenvalue weighted by atomic mass is 32.2. The van der Waals surface area contributed by atoms with Gasteiger partial charge in [0.25, 0.3) is 0 Å². The first-order valence-electron chi connectivity index (χ1n) is 6.15. The number of rotatable bonds is 3. The van der Waals surface area contributed by atoms with Gasteiger partial charge in [-0.2, -0.15) is 4.98 Å². The SMILES string of the molecule is CSc1ccc(C(N)c2noc(C(C)(C)C)n2)cc1. The van der Waals surface area contributed by atoms with E-state index in [1.807, 2.05) is 51.3 Å². The van der Waals surface area contributed by atoms with Gasteiger partial charge in [-0.3, -0.25) is 0 Å². The molecule has 4 nitrogen and oxygen atoms in total. The van der Waals surface area contributed by atoms with E-state index in [0.29, 0.717) is 11.7 Å². The van der Waals surface area contributed by atoms with Crippen LogP contribution in [0, 0.1) is 0 Å². The fourth-order valence-corrected chi connectivity index (χ4v) is 2.03. The molecule has 2 rings (SSSR count). The molecule has 19 heavy (non-hydrogen) atoms. The average Bonchev–Trinajstić information content (AvgIpc) is 2.87. The predicted molar refractivity (Wildman–Crippen MR) is 77.3 cm³/mol. The van der Waals surface area contributed by atoms with E-state index in [1.54, 1.807) is 11.8 Å². The van der Waals surface area contributed by atoms with Crippen LogP contribution in [0.2, 0.25) is 0 Å². The van der Waals surface area contributed by atoms with Crippen LogP contribution in [0.3, 0.4) is 0 Å². The van der Waals surface area contributed by atoms with E-state index < -0.39 is 0 Å². The van der Waals surface area contributed by atoms with Crippen molar-refractivity contribution < 1.29 is 4.52 Å². The lowest BCUT2D eigenvalue weighted by Gasteiger charge is -2.11. The summed E-state index contributed by atoms with van der Waals surface area (Å²) in [4.78, 5) is 5.60. The minimum atomic E-state index is -0.351. The van der Waals surface area contributed by atoms with Gasteiger partial charge in [0.05, 0.1) is 6.04 Å². The summed E-state index contributed by atoms with van der Waals surface area (Å²) < 4.78 is 5.27. The molecule has 0 bridgehead atoms. The Kier molecular flexibility index (Phi) is 3.96. The lowest BCUT2D eigenvalue weighted by atomic mass is 9.97. The molecule has 0 aliphatic carbocycles. The Balaban J connectivity index is 2.23. The molecule has 2 aromatic rings. The second-order valence-electron chi connectivity index (χ2n) is 5.46. The Bertz CT molecular complexity index is 543. The Morgan fingerprint density at radius 2 is 1.84 bits per heavy atom. The highest BCUT2D eigenvalue weighted by Gasteiger charge is 2.24. The second-order valence-corrected chi connectivity index (χ2v) is 6.34. The van der Waals surface area contributed by atoms with Crippen molar-refractivity contribution in [2.75, 3.05) is 6.26 Å². The third kappa shape index (κ3) is 3.16. The molecular weight excluding hydrogens is 258 g/mol. The van der Waals surface area contributed by atoms with Crippen molar-refractivity contribution in [2.24, 2.45) is 5.73 Å². The van der Waals surface area contributed by atoms with E-state index in [1.165, 1.54) is 4.90 Å². The molecule has 0 radical (unpaired) electrons. The van der Waals surface area contributed by atoms with Crippen LogP contribution in [-0.2, 0) is 5.41 Å². The Morgan fingerprint density at radius 3 is 2.32 bits per heavy atom. The molecule has 1 unspecified atom stereocenters. The van der Waals surface area contributed by atoms with E-state index in [2.05, 4.69) is 10.1 Å². The van der Waals surface area contributed by atoms with E-state index >= 15 is 0 Å². The maximum absolute atomic E-state index is 6.17. The molecule has 0 aliphatic heterocycles. The van der Waals surface area contributed by atoms with Gasteiger partial charge in [0, 0.05) is 10.3 Å². The highest BCUT2D eigenvalue weighted by Crippen LogP contribution is 2.24. The number of benzene rings is 1.